The van der Waals surface area contributed by atoms with Gasteiger partial charge in [-0.1, -0.05) is 35.8 Å². The minimum absolute atomic E-state index is 0.342. The number of halogens is 1. The van der Waals surface area contributed by atoms with Crippen molar-refractivity contribution in [2.24, 2.45) is 0 Å². The predicted molar refractivity (Wildman–Crippen MR) is 86.5 cm³/mol. The van der Waals surface area contributed by atoms with E-state index in [-0.39, 0.29) is 0 Å². The third-order valence-corrected chi connectivity index (χ3v) is 5.37. The van der Waals surface area contributed by atoms with Crippen LogP contribution in [0.4, 0.5) is 0 Å². The minimum atomic E-state index is -3.42. The molecule has 0 radical (unpaired) electrons. The molecule has 0 amide bonds. The van der Waals surface area contributed by atoms with Gasteiger partial charge in [0.2, 0.25) is 10.0 Å². The van der Waals surface area contributed by atoms with Crippen LogP contribution >= 0.6 is 15.9 Å². The number of rotatable bonds is 8. The predicted octanol–water partition coefficient (Wildman–Crippen LogP) is 2.77. The molecule has 4 nitrogen and oxygen atoms in total. The Bertz CT molecular complexity index is 528. The number of aryl methyl sites for hydroxylation is 1. The van der Waals surface area contributed by atoms with Gasteiger partial charge in [-0.2, -0.15) is 0 Å². The second-order valence-electron chi connectivity index (χ2n) is 4.69. The lowest BCUT2D eigenvalue weighted by Crippen LogP contribution is -2.30. The second-order valence-corrected chi connectivity index (χ2v) is 7.34. The van der Waals surface area contributed by atoms with Crippen LogP contribution in [-0.4, -0.2) is 39.5 Å². The Morgan fingerprint density at radius 1 is 1.25 bits per heavy atom. The lowest BCUT2D eigenvalue weighted by molar-refractivity contribution is 0.300. The molecular weight excluding hydrogens is 340 g/mol. The largest absolute Gasteiger partial charge is 0.304 e. The fourth-order valence-electron chi connectivity index (χ4n) is 1.99. The lowest BCUT2D eigenvalue weighted by Gasteiger charge is -2.17. The zero-order chi connectivity index (χ0) is 15.2. The molecule has 1 N–H and O–H groups in total. The van der Waals surface area contributed by atoms with Crippen molar-refractivity contribution in [3.8, 4) is 0 Å². The van der Waals surface area contributed by atoms with Gasteiger partial charge in [-0.25, -0.2) is 13.1 Å². The van der Waals surface area contributed by atoms with E-state index in [9.17, 15) is 8.42 Å². The minimum Gasteiger partial charge on any atom is -0.304 e. The summed E-state index contributed by atoms with van der Waals surface area (Å²) in [6.07, 6.45) is 0.813. The summed E-state index contributed by atoms with van der Waals surface area (Å²) >= 11 is 3.31. The molecule has 0 fully saturated rings. The summed E-state index contributed by atoms with van der Waals surface area (Å²) in [5.41, 5.74) is 0.754. The molecule has 20 heavy (non-hydrogen) atoms. The number of nitrogens with zero attached hydrogens (tertiary/aromatic N) is 1. The summed E-state index contributed by atoms with van der Waals surface area (Å²) < 4.78 is 27.9. The fraction of sp³-hybridized carbons (Fsp3) is 0.571. The van der Waals surface area contributed by atoms with Crippen LogP contribution in [0.25, 0.3) is 0 Å². The number of hydrogen-bond donors (Lipinski definition) is 1. The standard InChI is InChI=1S/C14H23BrN2O2S/c1-4-17(5-2)10-6-9-16-20(18,19)14-11-13(15)8-7-12(14)3/h7-8,11,16H,4-6,9-10H2,1-3H3. The van der Waals surface area contributed by atoms with Crippen molar-refractivity contribution >= 4 is 26.0 Å². The average Bonchev–Trinajstić information content (AvgIpc) is 2.41. The van der Waals surface area contributed by atoms with Crippen molar-refractivity contribution in [3.63, 3.8) is 0 Å². The smallest absolute Gasteiger partial charge is 0.240 e. The van der Waals surface area contributed by atoms with Crippen LogP contribution in [0.1, 0.15) is 25.8 Å². The first kappa shape index (κ1) is 17.6. The molecule has 0 saturated heterocycles. The molecule has 0 unspecified atom stereocenters. The molecule has 0 bridgehead atoms. The molecule has 1 aromatic carbocycles. The maximum absolute atomic E-state index is 12.2. The van der Waals surface area contributed by atoms with Gasteiger partial charge in [0.1, 0.15) is 0 Å². The summed E-state index contributed by atoms with van der Waals surface area (Å²) in [4.78, 5) is 2.62. The molecule has 6 heteroatoms. The van der Waals surface area contributed by atoms with E-state index < -0.39 is 10.0 Å². The first-order valence-corrected chi connectivity index (χ1v) is 9.16. The monoisotopic (exact) mass is 362 g/mol. The Balaban J connectivity index is 2.60. The summed E-state index contributed by atoms with van der Waals surface area (Å²) in [7, 11) is -3.42. The highest BCUT2D eigenvalue weighted by Gasteiger charge is 2.16. The molecule has 1 aromatic rings. The van der Waals surface area contributed by atoms with Gasteiger partial charge in [-0.15, -0.1) is 0 Å². The van der Waals surface area contributed by atoms with Crippen molar-refractivity contribution in [1.82, 2.24) is 9.62 Å². The van der Waals surface area contributed by atoms with Gasteiger partial charge in [-0.05, 0) is 50.7 Å². The lowest BCUT2D eigenvalue weighted by atomic mass is 10.2. The number of sulfonamides is 1. The van der Waals surface area contributed by atoms with Gasteiger partial charge >= 0.3 is 0 Å². The molecule has 0 aliphatic heterocycles. The Morgan fingerprint density at radius 2 is 1.90 bits per heavy atom. The van der Waals surface area contributed by atoms with Crippen molar-refractivity contribution in [2.45, 2.75) is 32.1 Å². The van der Waals surface area contributed by atoms with Crippen LogP contribution < -0.4 is 4.72 Å². The number of nitrogens with one attached hydrogen (secondary N) is 1. The van der Waals surface area contributed by atoms with E-state index >= 15 is 0 Å². The van der Waals surface area contributed by atoms with Crippen molar-refractivity contribution < 1.29 is 8.42 Å². The van der Waals surface area contributed by atoms with Crippen LogP contribution in [-0.2, 0) is 10.0 Å². The van der Waals surface area contributed by atoms with E-state index in [1.807, 2.05) is 6.07 Å². The Labute approximate surface area is 130 Å². The van der Waals surface area contributed by atoms with E-state index in [0.29, 0.717) is 11.4 Å². The zero-order valence-electron chi connectivity index (χ0n) is 12.3. The van der Waals surface area contributed by atoms with E-state index in [2.05, 4.69) is 39.4 Å². The number of hydrogen-bond acceptors (Lipinski definition) is 3. The molecule has 114 valence electrons. The van der Waals surface area contributed by atoms with Crippen molar-refractivity contribution in [2.75, 3.05) is 26.2 Å². The normalized spacial score (nSPS) is 12.1. The van der Waals surface area contributed by atoms with Crippen molar-refractivity contribution in [1.29, 1.82) is 0 Å². The van der Waals surface area contributed by atoms with Crippen LogP contribution in [0.5, 0.6) is 0 Å². The van der Waals surface area contributed by atoms with Gasteiger partial charge in [0.25, 0.3) is 0 Å². The van der Waals surface area contributed by atoms with Gasteiger partial charge < -0.3 is 4.90 Å². The second kappa shape index (κ2) is 8.12. The molecule has 0 saturated carbocycles. The molecule has 0 heterocycles. The SMILES string of the molecule is CCN(CC)CCCNS(=O)(=O)c1cc(Br)ccc1C. The highest BCUT2D eigenvalue weighted by atomic mass is 79.9. The highest BCUT2D eigenvalue weighted by Crippen LogP contribution is 2.20. The quantitative estimate of drug-likeness (QED) is 0.723. The third-order valence-electron chi connectivity index (χ3n) is 3.28. The first-order valence-electron chi connectivity index (χ1n) is 6.89. The average molecular weight is 363 g/mol. The van der Waals surface area contributed by atoms with Gasteiger partial charge in [-0.3, -0.25) is 0 Å². The van der Waals surface area contributed by atoms with E-state index in [1.165, 1.54) is 0 Å². The summed E-state index contributed by atoms with van der Waals surface area (Å²) in [6, 6.07) is 5.28. The fourth-order valence-corrected chi connectivity index (χ4v) is 3.85. The van der Waals surface area contributed by atoms with Crippen molar-refractivity contribution in [3.05, 3.63) is 28.2 Å². The Hall–Kier alpha value is -0.430. The summed E-state index contributed by atoms with van der Waals surface area (Å²) in [5.74, 6) is 0. The zero-order valence-corrected chi connectivity index (χ0v) is 14.7. The Morgan fingerprint density at radius 3 is 2.50 bits per heavy atom. The maximum Gasteiger partial charge on any atom is 0.240 e. The van der Waals surface area contributed by atoms with Crippen LogP contribution in [0.3, 0.4) is 0 Å². The first-order chi connectivity index (χ1) is 9.40. The third kappa shape index (κ3) is 5.16. The summed E-state index contributed by atoms with van der Waals surface area (Å²) in [6.45, 7) is 9.38. The molecule has 0 aliphatic rings. The summed E-state index contributed by atoms with van der Waals surface area (Å²) in [5, 5.41) is 0. The molecule has 0 spiro atoms. The highest BCUT2D eigenvalue weighted by molar-refractivity contribution is 9.10. The topological polar surface area (TPSA) is 49.4 Å². The molecular formula is C14H23BrN2O2S. The van der Waals surface area contributed by atoms with E-state index in [4.69, 9.17) is 0 Å². The molecule has 0 atom stereocenters. The Kier molecular flexibility index (Phi) is 7.15. The van der Waals surface area contributed by atoms with Crippen LogP contribution in [0.2, 0.25) is 0 Å². The van der Waals surface area contributed by atoms with Gasteiger partial charge in [0.05, 0.1) is 4.90 Å². The van der Waals surface area contributed by atoms with E-state index in [0.717, 1.165) is 36.1 Å². The van der Waals surface area contributed by atoms with E-state index in [1.54, 1.807) is 19.1 Å². The molecule has 1 rings (SSSR count). The van der Waals surface area contributed by atoms with Gasteiger partial charge in [0.15, 0.2) is 0 Å². The number of benzene rings is 1. The van der Waals surface area contributed by atoms with Crippen LogP contribution in [0, 0.1) is 6.92 Å². The molecule has 0 aromatic heterocycles. The van der Waals surface area contributed by atoms with Gasteiger partial charge in [0, 0.05) is 11.0 Å². The maximum atomic E-state index is 12.2. The van der Waals surface area contributed by atoms with Crippen LogP contribution in [0.15, 0.2) is 27.6 Å². The molecule has 0 aliphatic carbocycles.